The highest BCUT2D eigenvalue weighted by molar-refractivity contribution is 6.20. The maximum atomic E-state index is 15.3. The first kappa shape index (κ1) is 26.0. The van der Waals surface area contributed by atoms with Crippen molar-refractivity contribution in [2.45, 2.75) is 56.1 Å². The number of para-hydroxylation sites is 2. The van der Waals surface area contributed by atoms with Crippen molar-refractivity contribution in [3.05, 3.63) is 143 Å². The molecule has 0 bridgehead atoms. The Labute approximate surface area is 251 Å². The first-order valence-electron chi connectivity index (χ1n) is 14.8. The van der Waals surface area contributed by atoms with Crippen LogP contribution in [0.4, 0.5) is 11.4 Å². The fraction of sp³-hybridized carbons (Fsp3) is 0.243. The van der Waals surface area contributed by atoms with Crippen LogP contribution in [0.5, 0.6) is 0 Å². The summed E-state index contributed by atoms with van der Waals surface area (Å²) in [6.07, 6.45) is 1.77. The Balaban J connectivity index is 1.38. The summed E-state index contributed by atoms with van der Waals surface area (Å²) in [4.78, 5) is 34.3. The Kier molecular flexibility index (Phi) is 5.53. The largest absolute Gasteiger partial charge is 0.465 e. The van der Waals surface area contributed by atoms with Crippen LogP contribution in [0.1, 0.15) is 42.5 Å². The minimum atomic E-state index is -1.33. The summed E-state index contributed by atoms with van der Waals surface area (Å²) in [5.74, 6) is -0.474. The SMILES string of the molecule is CC1(C)OC2=C[C@@]3(C(=O)N(Cc4ccccc4)c4ccccc43)[C@@]3(C[C@@H]2O1)C(=O)N(Cc1ccccc1)c1ccccc13. The van der Waals surface area contributed by atoms with Crippen LogP contribution < -0.4 is 9.80 Å². The van der Waals surface area contributed by atoms with Crippen LogP contribution in [0.15, 0.2) is 121 Å². The van der Waals surface area contributed by atoms with Gasteiger partial charge in [0, 0.05) is 31.6 Å². The first-order valence-corrected chi connectivity index (χ1v) is 14.8. The van der Waals surface area contributed by atoms with E-state index in [4.69, 9.17) is 9.47 Å². The molecular formula is C37H32N2O4. The first-order chi connectivity index (χ1) is 20.8. The zero-order valence-corrected chi connectivity index (χ0v) is 24.2. The highest BCUT2D eigenvalue weighted by Gasteiger charge is 2.73. The van der Waals surface area contributed by atoms with E-state index in [-0.39, 0.29) is 11.8 Å². The molecule has 8 rings (SSSR count). The van der Waals surface area contributed by atoms with Gasteiger partial charge in [0.2, 0.25) is 17.6 Å². The average Bonchev–Trinajstić information content (AvgIpc) is 3.54. The maximum absolute atomic E-state index is 15.3. The van der Waals surface area contributed by atoms with Gasteiger partial charge in [0.25, 0.3) is 0 Å². The third kappa shape index (κ3) is 3.56. The number of benzene rings is 4. The Hall–Kier alpha value is -4.68. The van der Waals surface area contributed by atoms with Gasteiger partial charge in [0.15, 0.2) is 0 Å². The van der Waals surface area contributed by atoms with E-state index in [1.54, 1.807) is 0 Å². The molecule has 0 aromatic heterocycles. The van der Waals surface area contributed by atoms with Crippen molar-refractivity contribution in [3.63, 3.8) is 0 Å². The molecule has 3 heterocycles. The van der Waals surface area contributed by atoms with Gasteiger partial charge in [-0.25, -0.2) is 0 Å². The van der Waals surface area contributed by atoms with Crippen molar-refractivity contribution >= 4 is 23.2 Å². The molecule has 2 amide bonds. The Morgan fingerprint density at radius 1 is 0.674 bits per heavy atom. The molecule has 1 fully saturated rings. The molecule has 0 saturated carbocycles. The number of fused-ring (bicyclic) bond motifs is 6. The molecule has 6 nitrogen and oxygen atoms in total. The highest BCUT2D eigenvalue weighted by Crippen LogP contribution is 2.64. The second-order valence-corrected chi connectivity index (χ2v) is 12.4. The Morgan fingerprint density at radius 3 is 1.81 bits per heavy atom. The van der Waals surface area contributed by atoms with E-state index in [0.717, 1.165) is 33.6 Å². The van der Waals surface area contributed by atoms with Crippen LogP contribution in [0.3, 0.4) is 0 Å². The van der Waals surface area contributed by atoms with E-state index in [2.05, 4.69) is 0 Å². The van der Waals surface area contributed by atoms with E-state index >= 15 is 9.59 Å². The lowest BCUT2D eigenvalue weighted by atomic mass is 9.53. The van der Waals surface area contributed by atoms with E-state index in [1.165, 1.54) is 0 Å². The fourth-order valence-electron chi connectivity index (χ4n) is 7.80. The quantitative estimate of drug-likeness (QED) is 0.286. The van der Waals surface area contributed by atoms with Crippen molar-refractivity contribution in [3.8, 4) is 0 Å². The Morgan fingerprint density at radius 2 is 1.19 bits per heavy atom. The second-order valence-electron chi connectivity index (χ2n) is 12.4. The normalized spacial score (nSPS) is 26.4. The van der Waals surface area contributed by atoms with E-state index in [0.29, 0.717) is 25.3 Å². The van der Waals surface area contributed by atoms with Crippen molar-refractivity contribution < 1.29 is 19.1 Å². The molecule has 0 radical (unpaired) electrons. The van der Waals surface area contributed by atoms with Crippen LogP contribution >= 0.6 is 0 Å². The molecule has 4 aliphatic rings. The van der Waals surface area contributed by atoms with Gasteiger partial charge >= 0.3 is 0 Å². The van der Waals surface area contributed by atoms with E-state index in [1.807, 2.05) is 139 Å². The van der Waals surface area contributed by atoms with Gasteiger partial charge in [-0.2, -0.15) is 0 Å². The molecule has 1 aliphatic carbocycles. The summed E-state index contributed by atoms with van der Waals surface area (Å²) in [7, 11) is 0. The summed E-state index contributed by atoms with van der Waals surface area (Å²) in [5.41, 5.74) is 2.79. The van der Waals surface area contributed by atoms with Crippen LogP contribution in [0.2, 0.25) is 0 Å². The third-order valence-electron chi connectivity index (χ3n) is 9.46. The van der Waals surface area contributed by atoms with Crippen LogP contribution in [0.25, 0.3) is 0 Å². The van der Waals surface area contributed by atoms with Crippen molar-refractivity contribution in [2.24, 2.45) is 0 Å². The molecule has 2 spiro atoms. The number of anilines is 2. The molecule has 6 heteroatoms. The molecule has 3 atom stereocenters. The zero-order chi connectivity index (χ0) is 29.4. The molecule has 214 valence electrons. The number of carbonyl (C=O) groups is 2. The van der Waals surface area contributed by atoms with E-state index < -0.39 is 22.7 Å². The number of rotatable bonds is 4. The molecule has 0 N–H and O–H groups in total. The molecule has 4 aromatic rings. The summed E-state index contributed by atoms with van der Waals surface area (Å²) in [6.45, 7) is 4.56. The predicted molar refractivity (Wildman–Crippen MR) is 164 cm³/mol. The standard InChI is InChI=1S/C37H32N2O4/c1-35(2)42-31-21-36(27-17-9-11-19-29(27)38(33(36)40)23-25-13-5-3-6-14-25)37(22-32(31)43-35)28-18-10-12-20-30(28)39(34(37)41)24-26-15-7-4-8-16-26/h3-21,32H,22-24H2,1-2H3/t32-,36+,37+/m0/s1. The van der Waals surface area contributed by atoms with Gasteiger partial charge in [0.05, 0.1) is 13.1 Å². The van der Waals surface area contributed by atoms with Crippen molar-refractivity contribution in [2.75, 3.05) is 9.80 Å². The topological polar surface area (TPSA) is 59.1 Å². The van der Waals surface area contributed by atoms with Gasteiger partial charge in [-0.05, 0) is 40.5 Å². The molecule has 3 aliphatic heterocycles. The predicted octanol–water partition coefficient (Wildman–Crippen LogP) is 6.40. The lowest BCUT2D eigenvalue weighted by Crippen LogP contribution is -2.62. The fourth-order valence-corrected chi connectivity index (χ4v) is 7.80. The number of hydrogen-bond donors (Lipinski definition) is 0. The average molecular weight is 569 g/mol. The number of hydrogen-bond acceptors (Lipinski definition) is 4. The van der Waals surface area contributed by atoms with Gasteiger partial charge in [-0.1, -0.05) is 97.1 Å². The monoisotopic (exact) mass is 568 g/mol. The van der Waals surface area contributed by atoms with Crippen molar-refractivity contribution in [1.82, 2.24) is 0 Å². The number of nitrogens with zero attached hydrogens (tertiary/aromatic N) is 2. The van der Waals surface area contributed by atoms with Crippen LogP contribution in [0, 0.1) is 0 Å². The van der Waals surface area contributed by atoms with Crippen molar-refractivity contribution in [1.29, 1.82) is 0 Å². The molecular weight excluding hydrogens is 536 g/mol. The summed E-state index contributed by atoms with van der Waals surface area (Å²) < 4.78 is 12.8. The highest BCUT2D eigenvalue weighted by atomic mass is 16.7. The second kappa shape index (κ2) is 9.16. The number of carbonyl (C=O) groups excluding carboxylic acids is 2. The number of ether oxygens (including phenoxy) is 2. The lowest BCUT2D eigenvalue weighted by Gasteiger charge is -2.46. The smallest absolute Gasteiger partial charge is 0.243 e. The summed E-state index contributed by atoms with van der Waals surface area (Å²) in [6, 6.07) is 35.9. The molecule has 43 heavy (non-hydrogen) atoms. The van der Waals surface area contributed by atoms with Crippen LogP contribution in [-0.2, 0) is 43.0 Å². The lowest BCUT2D eigenvalue weighted by molar-refractivity contribution is -0.142. The minimum Gasteiger partial charge on any atom is -0.465 e. The molecule has 4 aromatic carbocycles. The summed E-state index contributed by atoms with van der Waals surface area (Å²) in [5, 5.41) is 0. The zero-order valence-electron chi connectivity index (χ0n) is 24.2. The van der Waals surface area contributed by atoms with Gasteiger partial charge in [-0.15, -0.1) is 0 Å². The summed E-state index contributed by atoms with van der Waals surface area (Å²) >= 11 is 0. The van der Waals surface area contributed by atoms with Gasteiger partial charge in [0.1, 0.15) is 22.7 Å². The molecule has 1 saturated heterocycles. The maximum Gasteiger partial charge on any atom is 0.243 e. The third-order valence-corrected chi connectivity index (χ3v) is 9.46. The number of amides is 2. The molecule has 0 unspecified atom stereocenters. The van der Waals surface area contributed by atoms with Crippen LogP contribution in [-0.4, -0.2) is 23.7 Å². The Bertz CT molecular complexity index is 1800. The van der Waals surface area contributed by atoms with Gasteiger partial charge < -0.3 is 19.3 Å². The van der Waals surface area contributed by atoms with E-state index in [9.17, 15) is 0 Å². The minimum absolute atomic E-state index is 0.0918. The van der Waals surface area contributed by atoms with Gasteiger partial charge in [-0.3, -0.25) is 9.59 Å².